The number of methoxy groups -OCH3 is 1. The highest BCUT2D eigenvalue weighted by Crippen LogP contribution is 2.32. The number of ether oxygens (including phenoxy) is 2. The number of benzene rings is 2. The molecular weight excluding hydrogens is 434 g/mol. The molecule has 184 valence electrons. The number of carbonyl (C=O) groups is 1. The van der Waals surface area contributed by atoms with Gasteiger partial charge < -0.3 is 14.8 Å². The normalized spacial score (nSPS) is 20.3. The Morgan fingerprint density at radius 1 is 1.20 bits per heavy atom. The number of rotatable bonds is 10. The van der Waals surface area contributed by atoms with Crippen LogP contribution in [0.2, 0.25) is 0 Å². The molecule has 1 aliphatic carbocycles. The molecule has 2 fully saturated rings. The quantitative estimate of drug-likeness (QED) is 0.233. The third kappa shape index (κ3) is 6.12. The summed E-state index contributed by atoms with van der Waals surface area (Å²) in [4.78, 5) is 13.2. The Bertz CT molecular complexity index is 1110. The molecule has 2 unspecified atom stereocenters. The maximum atomic E-state index is 13.2. The smallest absolute Gasteiger partial charge is 0.188 e. The summed E-state index contributed by atoms with van der Waals surface area (Å²) in [5.74, 6) is 1.48. The van der Waals surface area contributed by atoms with Crippen LogP contribution in [0.15, 0.2) is 79.0 Å². The highest BCUT2D eigenvalue weighted by molar-refractivity contribution is 6.08. The van der Waals surface area contributed by atoms with Gasteiger partial charge in [-0.25, -0.2) is 0 Å². The molecule has 4 nitrogen and oxygen atoms in total. The second kappa shape index (κ2) is 11.5. The van der Waals surface area contributed by atoms with E-state index in [1.165, 1.54) is 31.2 Å². The molecule has 0 aromatic heterocycles. The van der Waals surface area contributed by atoms with Crippen molar-refractivity contribution in [3.63, 3.8) is 0 Å². The molecule has 2 aromatic rings. The SMILES string of the molecule is C=C(Cc1cccc(C2NC(=C)C(C/C=C\C)O2)c1)C(=O)c1ccc(CC2CCCC2)c(OC)c1. The van der Waals surface area contributed by atoms with E-state index >= 15 is 0 Å². The minimum absolute atomic E-state index is 0.0389. The first-order valence-corrected chi connectivity index (χ1v) is 12.7. The van der Waals surface area contributed by atoms with E-state index in [-0.39, 0.29) is 18.1 Å². The zero-order chi connectivity index (χ0) is 24.8. The van der Waals surface area contributed by atoms with Crippen LogP contribution in [0.5, 0.6) is 5.75 Å². The van der Waals surface area contributed by atoms with Gasteiger partial charge in [-0.2, -0.15) is 0 Å². The van der Waals surface area contributed by atoms with Gasteiger partial charge in [0.15, 0.2) is 12.0 Å². The van der Waals surface area contributed by atoms with Crippen molar-refractivity contribution < 1.29 is 14.3 Å². The van der Waals surface area contributed by atoms with Gasteiger partial charge in [0.25, 0.3) is 0 Å². The number of ketones is 1. The fourth-order valence-electron chi connectivity index (χ4n) is 5.14. The Kier molecular flexibility index (Phi) is 8.25. The van der Waals surface area contributed by atoms with Crippen molar-refractivity contribution in [3.8, 4) is 5.75 Å². The predicted octanol–water partition coefficient (Wildman–Crippen LogP) is 6.88. The number of hydrogen-bond donors (Lipinski definition) is 1. The van der Waals surface area contributed by atoms with Gasteiger partial charge in [-0.05, 0) is 48.4 Å². The molecule has 0 amide bonds. The van der Waals surface area contributed by atoms with Crippen molar-refractivity contribution in [3.05, 3.63) is 101 Å². The monoisotopic (exact) mass is 471 g/mol. The fraction of sp³-hybridized carbons (Fsp3) is 0.387. The molecular formula is C31H37NO3. The first-order valence-electron chi connectivity index (χ1n) is 12.7. The molecule has 1 heterocycles. The van der Waals surface area contributed by atoms with Gasteiger partial charge in [0, 0.05) is 23.2 Å². The summed E-state index contributed by atoms with van der Waals surface area (Å²) < 4.78 is 11.8. The van der Waals surface area contributed by atoms with E-state index in [1.807, 2.05) is 43.3 Å². The molecule has 0 bridgehead atoms. The summed E-state index contributed by atoms with van der Waals surface area (Å²) in [6.45, 7) is 10.2. The van der Waals surface area contributed by atoms with E-state index in [1.54, 1.807) is 7.11 Å². The molecule has 1 N–H and O–H groups in total. The minimum Gasteiger partial charge on any atom is -0.496 e. The molecule has 0 spiro atoms. The predicted molar refractivity (Wildman–Crippen MR) is 142 cm³/mol. The molecule has 4 heteroatoms. The summed E-state index contributed by atoms with van der Waals surface area (Å²) in [7, 11) is 1.68. The van der Waals surface area contributed by atoms with Crippen molar-refractivity contribution in [2.45, 2.75) is 64.2 Å². The maximum Gasteiger partial charge on any atom is 0.188 e. The second-order valence-corrected chi connectivity index (χ2v) is 9.71. The van der Waals surface area contributed by atoms with Crippen LogP contribution < -0.4 is 10.1 Å². The fourth-order valence-corrected chi connectivity index (χ4v) is 5.14. The van der Waals surface area contributed by atoms with Gasteiger partial charge in [0.2, 0.25) is 0 Å². The second-order valence-electron chi connectivity index (χ2n) is 9.71. The molecule has 2 atom stereocenters. The van der Waals surface area contributed by atoms with E-state index in [9.17, 15) is 4.79 Å². The number of hydrogen-bond acceptors (Lipinski definition) is 4. The van der Waals surface area contributed by atoms with Crippen LogP contribution in [0.3, 0.4) is 0 Å². The van der Waals surface area contributed by atoms with Crippen LogP contribution in [0, 0.1) is 5.92 Å². The zero-order valence-corrected chi connectivity index (χ0v) is 21.0. The van der Waals surface area contributed by atoms with Gasteiger partial charge in [-0.15, -0.1) is 0 Å². The summed E-state index contributed by atoms with van der Waals surface area (Å²) in [5, 5.41) is 3.35. The summed E-state index contributed by atoms with van der Waals surface area (Å²) in [6, 6.07) is 14.0. The summed E-state index contributed by atoms with van der Waals surface area (Å²) in [6.07, 6.45) is 11.3. The third-order valence-electron chi connectivity index (χ3n) is 7.12. The van der Waals surface area contributed by atoms with Crippen LogP contribution in [0.1, 0.15) is 72.3 Å². The Balaban J connectivity index is 1.41. The van der Waals surface area contributed by atoms with Gasteiger partial charge >= 0.3 is 0 Å². The van der Waals surface area contributed by atoms with Crippen LogP contribution in [-0.2, 0) is 17.6 Å². The lowest BCUT2D eigenvalue weighted by molar-refractivity contribution is 0.0459. The van der Waals surface area contributed by atoms with Crippen LogP contribution >= 0.6 is 0 Å². The topological polar surface area (TPSA) is 47.6 Å². The molecule has 1 aliphatic heterocycles. The van der Waals surface area contributed by atoms with Crippen molar-refractivity contribution in [2.75, 3.05) is 7.11 Å². The van der Waals surface area contributed by atoms with Gasteiger partial charge in [0.1, 0.15) is 11.9 Å². The summed E-state index contributed by atoms with van der Waals surface area (Å²) in [5.41, 5.74) is 5.31. The van der Waals surface area contributed by atoms with Gasteiger partial charge in [-0.1, -0.05) is 87.4 Å². The standard InChI is InChI=1S/C31H37NO3/c1-5-6-14-28-22(3)32-31(35-28)27-13-9-12-24(19-27)17-21(2)30(33)26-16-15-25(29(20-26)34-4)18-23-10-7-8-11-23/h5-6,9,12-13,15-16,19-20,23,28,31-32H,2-3,7-8,10-11,14,17-18H2,1,4H3/b6-5-. The molecule has 4 rings (SSSR count). The maximum absolute atomic E-state index is 13.2. The van der Waals surface area contributed by atoms with Crippen LogP contribution in [0.4, 0.5) is 0 Å². The average Bonchev–Trinajstić information content (AvgIpc) is 3.52. The largest absolute Gasteiger partial charge is 0.496 e. The number of nitrogens with one attached hydrogen (secondary N) is 1. The molecule has 2 aromatic carbocycles. The average molecular weight is 472 g/mol. The lowest BCUT2D eigenvalue weighted by Gasteiger charge is -2.15. The zero-order valence-electron chi connectivity index (χ0n) is 21.0. The summed E-state index contributed by atoms with van der Waals surface area (Å²) >= 11 is 0. The Morgan fingerprint density at radius 3 is 2.74 bits per heavy atom. The van der Waals surface area contributed by atoms with Gasteiger partial charge in [0.05, 0.1) is 7.11 Å². The molecule has 2 aliphatic rings. The number of Topliss-reactive ketones (excluding diaryl/α,β-unsaturated/α-hetero) is 1. The first-order chi connectivity index (χ1) is 17.0. The number of allylic oxidation sites excluding steroid dienone is 2. The van der Waals surface area contributed by atoms with E-state index < -0.39 is 0 Å². The molecule has 0 radical (unpaired) electrons. The molecule has 1 saturated carbocycles. The molecule has 1 saturated heterocycles. The molecule has 35 heavy (non-hydrogen) atoms. The lowest BCUT2D eigenvalue weighted by Crippen LogP contribution is -2.13. The van der Waals surface area contributed by atoms with Gasteiger partial charge in [-0.3, -0.25) is 4.79 Å². The Hall–Kier alpha value is -3.11. The van der Waals surface area contributed by atoms with Crippen molar-refractivity contribution in [2.24, 2.45) is 5.92 Å². The van der Waals surface area contributed by atoms with E-state index in [2.05, 4.69) is 36.7 Å². The van der Waals surface area contributed by atoms with Crippen molar-refractivity contribution >= 4 is 5.78 Å². The highest BCUT2D eigenvalue weighted by Gasteiger charge is 2.28. The Labute approximate surface area is 209 Å². The van der Waals surface area contributed by atoms with E-state index in [4.69, 9.17) is 9.47 Å². The Morgan fingerprint density at radius 2 is 2.00 bits per heavy atom. The van der Waals surface area contributed by atoms with Crippen LogP contribution in [-0.4, -0.2) is 19.0 Å². The lowest BCUT2D eigenvalue weighted by atomic mass is 9.93. The van der Waals surface area contributed by atoms with E-state index in [0.717, 1.165) is 41.3 Å². The first kappa shape index (κ1) is 25.0. The van der Waals surface area contributed by atoms with Crippen molar-refractivity contribution in [1.82, 2.24) is 5.32 Å². The minimum atomic E-state index is -0.238. The van der Waals surface area contributed by atoms with E-state index in [0.29, 0.717) is 17.6 Å². The highest BCUT2D eigenvalue weighted by atomic mass is 16.5. The third-order valence-corrected chi connectivity index (χ3v) is 7.12. The van der Waals surface area contributed by atoms with Crippen molar-refractivity contribution in [1.29, 1.82) is 0 Å². The van der Waals surface area contributed by atoms with Crippen LogP contribution in [0.25, 0.3) is 0 Å². The number of carbonyl (C=O) groups excluding carboxylic acids is 1.